The molecule has 0 aliphatic rings. The van der Waals surface area contributed by atoms with Crippen LogP contribution in [0.4, 0.5) is 0 Å². The van der Waals surface area contributed by atoms with Crippen molar-refractivity contribution in [2.75, 3.05) is 0 Å². The molecule has 1 heterocycles. The van der Waals surface area contributed by atoms with E-state index >= 15 is 0 Å². The van der Waals surface area contributed by atoms with Crippen molar-refractivity contribution in [3.63, 3.8) is 0 Å². The number of nitrogens with zero attached hydrogens (tertiary/aromatic N) is 2. The summed E-state index contributed by atoms with van der Waals surface area (Å²) in [6, 6.07) is 10.7. The molecule has 0 radical (unpaired) electrons. The first-order valence-corrected chi connectivity index (χ1v) is 7.70. The van der Waals surface area contributed by atoms with Crippen molar-refractivity contribution >= 4 is 0 Å². The second-order valence-corrected chi connectivity index (χ2v) is 5.33. The van der Waals surface area contributed by atoms with Crippen molar-refractivity contribution in [2.24, 2.45) is 0 Å². The summed E-state index contributed by atoms with van der Waals surface area (Å²) in [5.74, 6) is 1.33. The Bertz CT molecular complexity index is 453. The van der Waals surface area contributed by atoms with Gasteiger partial charge in [0.1, 0.15) is 0 Å². The Morgan fingerprint density at radius 3 is 2.55 bits per heavy atom. The van der Waals surface area contributed by atoms with Gasteiger partial charge in [-0.1, -0.05) is 61.7 Å². The van der Waals surface area contributed by atoms with Gasteiger partial charge < -0.3 is 4.52 Å². The van der Waals surface area contributed by atoms with Crippen LogP contribution in [-0.2, 0) is 6.42 Å². The zero-order valence-electron chi connectivity index (χ0n) is 12.3. The van der Waals surface area contributed by atoms with Gasteiger partial charge in [0, 0.05) is 5.92 Å². The quantitative estimate of drug-likeness (QED) is 0.618. The van der Waals surface area contributed by atoms with E-state index in [2.05, 4.69) is 47.4 Å². The molecule has 20 heavy (non-hydrogen) atoms. The third-order valence-corrected chi connectivity index (χ3v) is 3.85. The van der Waals surface area contributed by atoms with Crippen LogP contribution in [0.15, 0.2) is 41.2 Å². The second kappa shape index (κ2) is 8.51. The fraction of sp³-hybridized carbons (Fsp3) is 0.529. The minimum absolute atomic E-state index is 0.461. The molecule has 108 valence electrons. The van der Waals surface area contributed by atoms with E-state index in [0.717, 1.165) is 12.2 Å². The molecule has 2 rings (SSSR count). The lowest BCUT2D eigenvalue weighted by Gasteiger charge is -2.09. The van der Waals surface area contributed by atoms with Gasteiger partial charge in [-0.2, -0.15) is 4.98 Å². The van der Waals surface area contributed by atoms with Crippen LogP contribution in [-0.4, -0.2) is 10.1 Å². The minimum atomic E-state index is 0.461. The number of rotatable bonds is 9. The van der Waals surface area contributed by atoms with Gasteiger partial charge >= 0.3 is 0 Å². The van der Waals surface area contributed by atoms with Crippen LogP contribution in [0, 0.1) is 0 Å². The molecule has 3 heteroatoms. The van der Waals surface area contributed by atoms with Crippen molar-refractivity contribution in [3.05, 3.63) is 48.1 Å². The highest BCUT2D eigenvalue weighted by molar-refractivity contribution is 5.14. The number of hydrogen-bond donors (Lipinski definition) is 0. The Morgan fingerprint density at radius 1 is 1.05 bits per heavy atom. The van der Waals surface area contributed by atoms with Crippen molar-refractivity contribution < 1.29 is 4.52 Å². The van der Waals surface area contributed by atoms with E-state index in [4.69, 9.17) is 4.52 Å². The summed E-state index contributed by atoms with van der Waals surface area (Å²) in [5.41, 5.74) is 1.45. The van der Waals surface area contributed by atoms with E-state index < -0.39 is 0 Å². The first-order valence-electron chi connectivity index (χ1n) is 7.70. The van der Waals surface area contributed by atoms with Gasteiger partial charge in [-0.05, 0) is 31.2 Å². The smallest absolute Gasteiger partial charge is 0.213 e. The van der Waals surface area contributed by atoms with Crippen LogP contribution in [0.2, 0.25) is 0 Å². The Labute approximate surface area is 121 Å². The molecule has 0 saturated carbocycles. The molecule has 1 atom stereocenters. The van der Waals surface area contributed by atoms with Gasteiger partial charge in [-0.3, -0.25) is 0 Å². The monoisotopic (exact) mass is 272 g/mol. The molecule has 0 bridgehead atoms. The standard InChI is InChI=1S/C17H24N2O/c1-2-16(17-18-14-20-19-17)13-9-4-3-6-10-15-11-7-5-8-12-15/h5,7-8,11-12,14,16H,2-4,6,9-10,13H2,1H3. The molecule has 1 aromatic carbocycles. The lowest BCUT2D eigenvalue weighted by atomic mass is 9.97. The van der Waals surface area contributed by atoms with Crippen LogP contribution < -0.4 is 0 Å². The maximum Gasteiger partial charge on any atom is 0.213 e. The van der Waals surface area contributed by atoms with Gasteiger partial charge in [-0.15, -0.1) is 0 Å². The average Bonchev–Trinajstić information content (AvgIpc) is 3.02. The topological polar surface area (TPSA) is 38.9 Å². The van der Waals surface area contributed by atoms with Crippen LogP contribution in [0.5, 0.6) is 0 Å². The molecule has 0 aliphatic heterocycles. The predicted molar refractivity (Wildman–Crippen MR) is 80.6 cm³/mol. The van der Waals surface area contributed by atoms with E-state index in [-0.39, 0.29) is 0 Å². The maximum absolute atomic E-state index is 4.83. The van der Waals surface area contributed by atoms with E-state index in [1.807, 2.05) is 0 Å². The van der Waals surface area contributed by atoms with Crippen molar-refractivity contribution in [2.45, 2.75) is 57.8 Å². The molecular weight excluding hydrogens is 248 g/mol. The molecule has 0 aliphatic carbocycles. The molecule has 0 fully saturated rings. The molecule has 0 spiro atoms. The summed E-state index contributed by atoms with van der Waals surface area (Å²) < 4.78 is 4.83. The summed E-state index contributed by atoms with van der Waals surface area (Å²) in [7, 11) is 0. The van der Waals surface area contributed by atoms with E-state index in [1.54, 1.807) is 0 Å². The molecular formula is C17H24N2O. The molecule has 1 unspecified atom stereocenters. The maximum atomic E-state index is 4.83. The number of unbranched alkanes of at least 4 members (excludes halogenated alkanes) is 3. The number of hydrogen-bond acceptors (Lipinski definition) is 3. The number of benzene rings is 1. The summed E-state index contributed by atoms with van der Waals surface area (Å²) in [6.45, 7) is 2.19. The lowest BCUT2D eigenvalue weighted by molar-refractivity contribution is 0.398. The normalized spacial score (nSPS) is 12.4. The minimum Gasteiger partial charge on any atom is -0.343 e. The molecule has 0 saturated heterocycles. The number of aromatic nitrogens is 2. The van der Waals surface area contributed by atoms with E-state index in [0.29, 0.717) is 5.92 Å². The molecule has 2 aromatic rings. The molecule has 0 N–H and O–H groups in total. The lowest BCUT2D eigenvalue weighted by Crippen LogP contribution is -2.00. The largest absolute Gasteiger partial charge is 0.343 e. The second-order valence-electron chi connectivity index (χ2n) is 5.33. The van der Waals surface area contributed by atoms with E-state index in [9.17, 15) is 0 Å². The third kappa shape index (κ3) is 4.80. The highest BCUT2D eigenvalue weighted by atomic mass is 16.5. The van der Waals surface area contributed by atoms with Crippen LogP contribution in [0.3, 0.4) is 0 Å². The fourth-order valence-electron chi connectivity index (χ4n) is 2.59. The highest BCUT2D eigenvalue weighted by Gasteiger charge is 2.13. The molecule has 1 aromatic heterocycles. The first-order chi connectivity index (χ1) is 9.90. The summed E-state index contributed by atoms with van der Waals surface area (Å²) in [4.78, 5) is 4.16. The zero-order chi connectivity index (χ0) is 14.0. The van der Waals surface area contributed by atoms with Crippen LogP contribution in [0.25, 0.3) is 0 Å². The van der Waals surface area contributed by atoms with Gasteiger partial charge in [0.05, 0.1) is 0 Å². The van der Waals surface area contributed by atoms with Crippen molar-refractivity contribution in [1.82, 2.24) is 10.1 Å². The van der Waals surface area contributed by atoms with Crippen LogP contribution >= 0.6 is 0 Å². The summed E-state index contributed by atoms with van der Waals surface area (Å²) >= 11 is 0. The van der Waals surface area contributed by atoms with Gasteiger partial charge in [0.25, 0.3) is 0 Å². The molecule has 3 nitrogen and oxygen atoms in total. The van der Waals surface area contributed by atoms with E-state index in [1.165, 1.54) is 50.5 Å². The number of aryl methyl sites for hydroxylation is 1. The predicted octanol–water partition coefficient (Wildman–Crippen LogP) is 4.76. The van der Waals surface area contributed by atoms with Crippen molar-refractivity contribution in [1.29, 1.82) is 0 Å². The van der Waals surface area contributed by atoms with Gasteiger partial charge in [-0.25, -0.2) is 0 Å². The average molecular weight is 272 g/mol. The van der Waals surface area contributed by atoms with Gasteiger partial charge in [0.2, 0.25) is 6.39 Å². The fourth-order valence-corrected chi connectivity index (χ4v) is 2.59. The summed E-state index contributed by atoms with van der Waals surface area (Å²) in [6.07, 6.45) is 10.0. The SMILES string of the molecule is CCC(CCCCCCc1ccccc1)c1ncon1. The Kier molecular flexibility index (Phi) is 6.28. The third-order valence-electron chi connectivity index (χ3n) is 3.85. The zero-order valence-corrected chi connectivity index (χ0v) is 12.3. The van der Waals surface area contributed by atoms with Gasteiger partial charge in [0.15, 0.2) is 5.82 Å². The molecule has 0 amide bonds. The summed E-state index contributed by atoms with van der Waals surface area (Å²) in [5, 5.41) is 3.96. The Balaban J connectivity index is 1.57. The first kappa shape index (κ1) is 14.8. The highest BCUT2D eigenvalue weighted by Crippen LogP contribution is 2.22. The van der Waals surface area contributed by atoms with Crippen molar-refractivity contribution in [3.8, 4) is 0 Å². The Morgan fingerprint density at radius 2 is 1.85 bits per heavy atom. The van der Waals surface area contributed by atoms with Crippen LogP contribution in [0.1, 0.15) is 62.8 Å². The Hall–Kier alpha value is -1.64.